The van der Waals surface area contributed by atoms with Crippen molar-refractivity contribution in [1.29, 1.82) is 0 Å². The molecule has 1 fully saturated rings. The van der Waals surface area contributed by atoms with Gasteiger partial charge in [-0.1, -0.05) is 6.07 Å². The first-order valence-electron chi connectivity index (χ1n) is 9.07. The van der Waals surface area contributed by atoms with Crippen molar-refractivity contribution in [2.75, 3.05) is 29.9 Å². The van der Waals surface area contributed by atoms with E-state index in [-0.39, 0.29) is 18.3 Å². The van der Waals surface area contributed by atoms with Crippen molar-refractivity contribution in [3.63, 3.8) is 0 Å². The highest BCUT2D eigenvalue weighted by Gasteiger charge is 2.17. The number of piperidine rings is 1. The van der Waals surface area contributed by atoms with Crippen molar-refractivity contribution in [3.8, 4) is 5.75 Å². The summed E-state index contributed by atoms with van der Waals surface area (Å²) in [5.41, 5.74) is 3.65. The van der Waals surface area contributed by atoms with Gasteiger partial charge in [-0.05, 0) is 74.6 Å². The van der Waals surface area contributed by atoms with Crippen LogP contribution in [0.5, 0.6) is 5.75 Å². The van der Waals surface area contributed by atoms with E-state index in [4.69, 9.17) is 4.74 Å². The largest absolute Gasteiger partial charge is 0.484 e. The van der Waals surface area contributed by atoms with Crippen LogP contribution in [0.2, 0.25) is 0 Å². The number of aryl methyl sites for hydroxylation is 2. The summed E-state index contributed by atoms with van der Waals surface area (Å²) in [5.74, 6) is -0.0121. The SMILES string of the molecule is Cc1ccc(OCC(=O)Nc2cc(F)ccc2N2CCCCC2)cc1C. The first-order chi connectivity index (χ1) is 12.5. The van der Waals surface area contributed by atoms with E-state index in [1.54, 1.807) is 6.07 Å². The number of halogens is 1. The Kier molecular flexibility index (Phi) is 5.76. The van der Waals surface area contributed by atoms with Gasteiger partial charge in [0.25, 0.3) is 5.91 Å². The van der Waals surface area contributed by atoms with Crippen LogP contribution in [0.4, 0.5) is 15.8 Å². The third-order valence-corrected chi connectivity index (χ3v) is 4.78. The highest BCUT2D eigenvalue weighted by molar-refractivity contribution is 5.95. The van der Waals surface area contributed by atoms with Crippen molar-refractivity contribution >= 4 is 17.3 Å². The number of carbonyl (C=O) groups excluding carboxylic acids is 1. The van der Waals surface area contributed by atoms with Gasteiger partial charge < -0.3 is 15.0 Å². The van der Waals surface area contributed by atoms with E-state index >= 15 is 0 Å². The smallest absolute Gasteiger partial charge is 0.262 e. The predicted molar refractivity (Wildman–Crippen MR) is 103 cm³/mol. The van der Waals surface area contributed by atoms with Crippen molar-refractivity contribution in [2.24, 2.45) is 0 Å². The summed E-state index contributed by atoms with van der Waals surface area (Å²) < 4.78 is 19.3. The molecule has 0 saturated carbocycles. The average molecular weight is 356 g/mol. The second-order valence-corrected chi connectivity index (χ2v) is 6.79. The molecule has 0 atom stereocenters. The summed E-state index contributed by atoms with van der Waals surface area (Å²) >= 11 is 0. The van der Waals surface area contributed by atoms with Crippen LogP contribution in [-0.4, -0.2) is 25.6 Å². The molecule has 1 aliphatic rings. The number of ether oxygens (including phenoxy) is 1. The van der Waals surface area contributed by atoms with Gasteiger partial charge in [0.1, 0.15) is 11.6 Å². The first-order valence-corrected chi connectivity index (χ1v) is 9.07. The van der Waals surface area contributed by atoms with Crippen LogP contribution in [0.3, 0.4) is 0 Å². The number of benzene rings is 2. The normalized spacial score (nSPS) is 14.2. The minimum atomic E-state index is -0.365. The second kappa shape index (κ2) is 8.21. The minimum absolute atomic E-state index is 0.113. The second-order valence-electron chi connectivity index (χ2n) is 6.79. The van der Waals surface area contributed by atoms with Crippen LogP contribution >= 0.6 is 0 Å². The number of hydrogen-bond donors (Lipinski definition) is 1. The maximum absolute atomic E-state index is 13.7. The summed E-state index contributed by atoms with van der Waals surface area (Å²) in [5, 5.41) is 2.80. The van der Waals surface area contributed by atoms with Crippen LogP contribution in [0.1, 0.15) is 30.4 Å². The van der Waals surface area contributed by atoms with Gasteiger partial charge in [-0.2, -0.15) is 0 Å². The Hall–Kier alpha value is -2.56. The quantitative estimate of drug-likeness (QED) is 0.860. The molecular formula is C21H25FN2O2. The Labute approximate surface area is 154 Å². The van der Waals surface area contributed by atoms with Gasteiger partial charge in [-0.15, -0.1) is 0 Å². The lowest BCUT2D eigenvalue weighted by Crippen LogP contribution is -2.31. The van der Waals surface area contributed by atoms with Crippen LogP contribution in [0.15, 0.2) is 36.4 Å². The molecule has 138 valence electrons. The van der Waals surface area contributed by atoms with Gasteiger partial charge in [0.2, 0.25) is 0 Å². The lowest BCUT2D eigenvalue weighted by Gasteiger charge is -2.30. The number of anilines is 2. The molecule has 1 saturated heterocycles. The third kappa shape index (κ3) is 4.54. The van der Waals surface area contributed by atoms with Gasteiger partial charge in [-0.3, -0.25) is 4.79 Å². The molecule has 0 unspecified atom stereocenters. The Morgan fingerprint density at radius 3 is 2.58 bits per heavy atom. The zero-order valence-electron chi connectivity index (χ0n) is 15.3. The third-order valence-electron chi connectivity index (χ3n) is 4.78. The summed E-state index contributed by atoms with van der Waals surface area (Å²) in [7, 11) is 0. The van der Waals surface area contributed by atoms with Crippen LogP contribution < -0.4 is 15.0 Å². The Morgan fingerprint density at radius 1 is 1.08 bits per heavy atom. The fraction of sp³-hybridized carbons (Fsp3) is 0.381. The molecule has 26 heavy (non-hydrogen) atoms. The zero-order valence-corrected chi connectivity index (χ0v) is 15.3. The zero-order chi connectivity index (χ0) is 18.5. The summed E-state index contributed by atoms with van der Waals surface area (Å²) in [6.45, 7) is 5.76. The molecule has 5 heteroatoms. The lowest BCUT2D eigenvalue weighted by molar-refractivity contribution is -0.118. The molecule has 1 heterocycles. The Balaban J connectivity index is 1.66. The number of nitrogens with one attached hydrogen (secondary N) is 1. The fourth-order valence-electron chi connectivity index (χ4n) is 3.16. The van der Waals surface area contributed by atoms with Crippen molar-refractivity contribution in [2.45, 2.75) is 33.1 Å². The van der Waals surface area contributed by atoms with Crippen LogP contribution in [-0.2, 0) is 4.79 Å². The molecule has 4 nitrogen and oxygen atoms in total. The predicted octanol–water partition coefficient (Wildman–Crippen LogP) is 4.45. The fourth-order valence-corrected chi connectivity index (χ4v) is 3.16. The maximum atomic E-state index is 13.7. The number of amides is 1. The minimum Gasteiger partial charge on any atom is -0.484 e. The summed E-state index contributed by atoms with van der Waals surface area (Å²) in [6.07, 6.45) is 3.44. The number of carbonyl (C=O) groups is 1. The highest BCUT2D eigenvalue weighted by atomic mass is 19.1. The molecule has 0 radical (unpaired) electrons. The van der Waals surface area contributed by atoms with E-state index < -0.39 is 0 Å². The summed E-state index contributed by atoms with van der Waals surface area (Å²) in [6, 6.07) is 10.3. The lowest BCUT2D eigenvalue weighted by atomic mass is 10.1. The van der Waals surface area contributed by atoms with Crippen molar-refractivity contribution in [1.82, 2.24) is 0 Å². The Morgan fingerprint density at radius 2 is 1.85 bits per heavy atom. The van der Waals surface area contributed by atoms with Gasteiger partial charge in [0.15, 0.2) is 6.61 Å². The molecule has 1 amide bonds. The maximum Gasteiger partial charge on any atom is 0.262 e. The van der Waals surface area contributed by atoms with Gasteiger partial charge >= 0.3 is 0 Å². The van der Waals surface area contributed by atoms with Crippen LogP contribution in [0, 0.1) is 19.7 Å². The molecule has 0 bridgehead atoms. The molecule has 2 aromatic carbocycles. The summed E-state index contributed by atoms with van der Waals surface area (Å²) in [4.78, 5) is 14.5. The molecule has 0 aromatic heterocycles. The number of rotatable bonds is 5. The van der Waals surface area contributed by atoms with Crippen molar-refractivity contribution < 1.29 is 13.9 Å². The molecule has 1 aliphatic heterocycles. The van der Waals surface area contributed by atoms with Gasteiger partial charge in [0.05, 0.1) is 11.4 Å². The topological polar surface area (TPSA) is 41.6 Å². The van der Waals surface area contributed by atoms with E-state index in [0.717, 1.165) is 37.2 Å². The standard InChI is InChI=1S/C21H25FN2O2/c1-15-6-8-18(12-16(15)2)26-14-21(25)23-19-13-17(22)7-9-20(19)24-10-4-3-5-11-24/h6-9,12-13H,3-5,10-11,14H2,1-2H3,(H,23,25). The Bertz CT molecular complexity index is 786. The van der Waals surface area contributed by atoms with E-state index in [2.05, 4.69) is 10.2 Å². The molecule has 3 rings (SSSR count). The molecule has 0 spiro atoms. The van der Waals surface area contributed by atoms with E-state index in [1.807, 2.05) is 32.0 Å². The average Bonchev–Trinajstić information content (AvgIpc) is 2.63. The van der Waals surface area contributed by atoms with Crippen molar-refractivity contribution in [3.05, 3.63) is 53.3 Å². The number of nitrogens with zero attached hydrogens (tertiary/aromatic N) is 1. The highest BCUT2D eigenvalue weighted by Crippen LogP contribution is 2.29. The van der Waals surface area contributed by atoms with E-state index in [1.165, 1.54) is 24.1 Å². The molecule has 2 aromatic rings. The molecular weight excluding hydrogens is 331 g/mol. The van der Waals surface area contributed by atoms with Gasteiger partial charge in [0, 0.05) is 13.1 Å². The van der Waals surface area contributed by atoms with E-state index in [9.17, 15) is 9.18 Å². The van der Waals surface area contributed by atoms with Crippen LogP contribution in [0.25, 0.3) is 0 Å². The monoisotopic (exact) mass is 356 g/mol. The first kappa shape index (κ1) is 18.2. The van der Waals surface area contributed by atoms with Gasteiger partial charge in [-0.25, -0.2) is 4.39 Å². The molecule has 1 N–H and O–H groups in total. The molecule has 0 aliphatic carbocycles. The number of hydrogen-bond acceptors (Lipinski definition) is 3. The van der Waals surface area contributed by atoms with E-state index in [0.29, 0.717) is 11.4 Å².